The Hall–Kier alpha value is -2.13. The number of carbonyl (C=O) groups is 1. The molecule has 9 heteroatoms. The molecular formula is C18H24N4O4S. The second-order valence-corrected chi connectivity index (χ2v) is 9.21. The Labute approximate surface area is 158 Å². The lowest BCUT2D eigenvalue weighted by Gasteiger charge is -2.24. The van der Waals surface area contributed by atoms with E-state index >= 15 is 0 Å². The lowest BCUT2D eigenvalue weighted by molar-refractivity contribution is 0.0990. The number of aromatic nitrogens is 2. The van der Waals surface area contributed by atoms with Gasteiger partial charge in [-0.1, -0.05) is 6.42 Å². The molecule has 1 N–H and O–H groups in total. The van der Waals surface area contributed by atoms with Crippen molar-refractivity contribution in [1.82, 2.24) is 14.1 Å². The molecule has 1 saturated carbocycles. The van der Waals surface area contributed by atoms with E-state index in [2.05, 4.69) is 10.4 Å². The van der Waals surface area contributed by atoms with E-state index in [1.165, 1.54) is 29.3 Å². The molecule has 1 aliphatic carbocycles. The molecule has 2 aromatic heterocycles. The number of anilines is 1. The maximum absolute atomic E-state index is 12.7. The van der Waals surface area contributed by atoms with Crippen LogP contribution in [0.5, 0.6) is 0 Å². The second-order valence-electron chi connectivity index (χ2n) is 7.34. The summed E-state index contributed by atoms with van der Waals surface area (Å²) in [4.78, 5) is 12.6. The first-order valence-electron chi connectivity index (χ1n) is 9.39. The van der Waals surface area contributed by atoms with Crippen LogP contribution in [0.1, 0.15) is 48.2 Å². The monoisotopic (exact) mass is 392 g/mol. The molecule has 0 radical (unpaired) electrons. The summed E-state index contributed by atoms with van der Waals surface area (Å²) in [5.74, 6) is 0.744. The van der Waals surface area contributed by atoms with Crippen LogP contribution in [-0.4, -0.2) is 41.5 Å². The number of sulfonamides is 1. The predicted molar refractivity (Wildman–Crippen MR) is 99.0 cm³/mol. The van der Waals surface area contributed by atoms with E-state index in [1.54, 1.807) is 10.9 Å². The SMILES string of the molecule is Cc1cnn(CC2CC2)c1NC(=O)c1ccc(S(=O)(=O)N2CCCCC2)o1. The highest BCUT2D eigenvalue weighted by atomic mass is 32.2. The van der Waals surface area contributed by atoms with Crippen molar-refractivity contribution in [3.8, 4) is 0 Å². The normalized spacial score (nSPS) is 18.6. The van der Waals surface area contributed by atoms with Gasteiger partial charge in [-0.15, -0.1) is 0 Å². The van der Waals surface area contributed by atoms with Crippen LogP contribution in [0.15, 0.2) is 27.8 Å². The molecule has 0 bridgehead atoms. The number of hydrogen-bond acceptors (Lipinski definition) is 5. The average Bonchev–Trinajstić information content (AvgIpc) is 3.21. The highest BCUT2D eigenvalue weighted by Crippen LogP contribution is 2.32. The summed E-state index contributed by atoms with van der Waals surface area (Å²) in [7, 11) is -3.69. The van der Waals surface area contributed by atoms with Gasteiger partial charge in [-0.05, 0) is 50.7 Å². The fourth-order valence-electron chi connectivity index (χ4n) is 3.31. The number of rotatable bonds is 6. The van der Waals surface area contributed by atoms with Gasteiger partial charge in [-0.2, -0.15) is 9.40 Å². The van der Waals surface area contributed by atoms with Crippen molar-refractivity contribution in [2.24, 2.45) is 5.92 Å². The third kappa shape index (κ3) is 3.79. The summed E-state index contributed by atoms with van der Waals surface area (Å²) in [6.45, 7) is 3.63. The van der Waals surface area contributed by atoms with Crippen molar-refractivity contribution in [3.63, 3.8) is 0 Å². The molecule has 3 heterocycles. The van der Waals surface area contributed by atoms with Gasteiger partial charge in [0.15, 0.2) is 5.76 Å². The van der Waals surface area contributed by atoms with Gasteiger partial charge in [0.1, 0.15) is 5.82 Å². The van der Waals surface area contributed by atoms with Gasteiger partial charge in [0.05, 0.1) is 6.20 Å². The second kappa shape index (κ2) is 7.12. The van der Waals surface area contributed by atoms with Gasteiger partial charge in [0.2, 0.25) is 5.09 Å². The van der Waals surface area contributed by atoms with Crippen LogP contribution >= 0.6 is 0 Å². The molecular weight excluding hydrogens is 368 g/mol. The minimum atomic E-state index is -3.69. The zero-order chi connectivity index (χ0) is 19.0. The van der Waals surface area contributed by atoms with E-state index in [-0.39, 0.29) is 10.9 Å². The molecule has 2 aromatic rings. The van der Waals surface area contributed by atoms with E-state index in [0.29, 0.717) is 24.8 Å². The van der Waals surface area contributed by atoms with Gasteiger partial charge in [0.25, 0.3) is 15.9 Å². The largest absolute Gasteiger partial charge is 0.438 e. The lowest BCUT2D eigenvalue weighted by Crippen LogP contribution is -2.35. The molecule has 146 valence electrons. The van der Waals surface area contributed by atoms with Crippen LogP contribution in [0, 0.1) is 12.8 Å². The summed E-state index contributed by atoms with van der Waals surface area (Å²) in [6.07, 6.45) is 6.80. The number of piperidine rings is 1. The Kier molecular flexibility index (Phi) is 4.81. The van der Waals surface area contributed by atoms with Gasteiger partial charge in [-0.25, -0.2) is 13.1 Å². The maximum atomic E-state index is 12.7. The summed E-state index contributed by atoms with van der Waals surface area (Å²) < 4.78 is 34.0. The van der Waals surface area contributed by atoms with E-state index in [9.17, 15) is 13.2 Å². The molecule has 27 heavy (non-hydrogen) atoms. The third-order valence-corrected chi connectivity index (χ3v) is 6.87. The third-order valence-electron chi connectivity index (χ3n) is 5.10. The fourth-order valence-corrected chi connectivity index (χ4v) is 4.74. The Morgan fingerprint density at radius 3 is 2.70 bits per heavy atom. The van der Waals surface area contributed by atoms with Crippen LogP contribution in [-0.2, 0) is 16.6 Å². The summed E-state index contributed by atoms with van der Waals surface area (Å²) in [5, 5.41) is 6.95. The molecule has 2 fully saturated rings. The molecule has 2 aliphatic rings. The highest BCUT2D eigenvalue weighted by molar-refractivity contribution is 7.89. The van der Waals surface area contributed by atoms with Gasteiger partial charge >= 0.3 is 0 Å². The van der Waals surface area contributed by atoms with Crippen molar-refractivity contribution < 1.29 is 17.6 Å². The van der Waals surface area contributed by atoms with E-state index in [4.69, 9.17) is 4.42 Å². The zero-order valence-electron chi connectivity index (χ0n) is 15.3. The molecule has 4 rings (SSSR count). The molecule has 0 aromatic carbocycles. The number of nitrogens with zero attached hydrogens (tertiary/aromatic N) is 3. The molecule has 0 spiro atoms. The van der Waals surface area contributed by atoms with Crippen LogP contribution in [0.25, 0.3) is 0 Å². The average molecular weight is 392 g/mol. The fraction of sp³-hybridized carbons (Fsp3) is 0.556. The van der Waals surface area contributed by atoms with Crippen molar-refractivity contribution in [1.29, 1.82) is 0 Å². The number of furan rings is 1. The number of amides is 1. The number of hydrogen-bond donors (Lipinski definition) is 1. The smallest absolute Gasteiger partial charge is 0.292 e. The minimum absolute atomic E-state index is 0.0239. The van der Waals surface area contributed by atoms with Crippen LogP contribution in [0.3, 0.4) is 0 Å². The first-order chi connectivity index (χ1) is 12.9. The van der Waals surface area contributed by atoms with E-state index < -0.39 is 15.9 Å². The summed E-state index contributed by atoms with van der Waals surface area (Å²) in [6, 6.07) is 2.76. The van der Waals surface area contributed by atoms with Crippen LogP contribution < -0.4 is 5.32 Å². The Bertz CT molecular complexity index is 936. The standard InChI is InChI=1S/C18H24N4O4S/c1-13-11-19-22(12-14-5-6-14)17(13)20-18(23)15-7-8-16(26-15)27(24,25)21-9-3-2-4-10-21/h7-8,11,14H,2-6,9-10,12H2,1H3,(H,20,23). The van der Waals surface area contributed by atoms with E-state index in [0.717, 1.165) is 31.4 Å². The van der Waals surface area contributed by atoms with Crippen molar-refractivity contribution in [3.05, 3.63) is 29.7 Å². The van der Waals surface area contributed by atoms with Gasteiger partial charge in [0, 0.05) is 25.2 Å². The molecule has 8 nitrogen and oxygen atoms in total. The molecule has 1 amide bonds. The molecule has 0 unspecified atom stereocenters. The first kappa shape index (κ1) is 18.2. The summed E-state index contributed by atoms with van der Waals surface area (Å²) >= 11 is 0. The molecule has 1 aliphatic heterocycles. The molecule has 0 atom stereocenters. The quantitative estimate of drug-likeness (QED) is 0.815. The highest BCUT2D eigenvalue weighted by Gasteiger charge is 2.30. The zero-order valence-corrected chi connectivity index (χ0v) is 16.2. The van der Waals surface area contributed by atoms with Crippen molar-refractivity contribution >= 4 is 21.7 Å². The van der Waals surface area contributed by atoms with E-state index in [1.807, 2.05) is 6.92 Å². The number of aryl methyl sites for hydroxylation is 1. The first-order valence-corrected chi connectivity index (χ1v) is 10.8. The Morgan fingerprint density at radius 1 is 1.26 bits per heavy atom. The van der Waals surface area contributed by atoms with Crippen LogP contribution in [0.4, 0.5) is 5.82 Å². The predicted octanol–water partition coefficient (Wildman–Crippen LogP) is 2.62. The van der Waals surface area contributed by atoms with Crippen molar-refractivity contribution in [2.75, 3.05) is 18.4 Å². The van der Waals surface area contributed by atoms with Crippen LogP contribution in [0.2, 0.25) is 0 Å². The minimum Gasteiger partial charge on any atom is -0.438 e. The maximum Gasteiger partial charge on any atom is 0.292 e. The number of nitrogens with one attached hydrogen (secondary N) is 1. The van der Waals surface area contributed by atoms with Crippen molar-refractivity contribution in [2.45, 2.75) is 50.7 Å². The molecule has 1 saturated heterocycles. The number of carbonyl (C=O) groups excluding carboxylic acids is 1. The lowest BCUT2D eigenvalue weighted by atomic mass is 10.2. The topological polar surface area (TPSA) is 97.4 Å². The Morgan fingerprint density at radius 2 is 2.00 bits per heavy atom. The Balaban J connectivity index is 1.50. The van der Waals surface area contributed by atoms with Gasteiger partial charge < -0.3 is 9.73 Å². The van der Waals surface area contributed by atoms with Gasteiger partial charge in [-0.3, -0.25) is 4.79 Å². The summed E-state index contributed by atoms with van der Waals surface area (Å²) in [5.41, 5.74) is 0.858.